The summed E-state index contributed by atoms with van der Waals surface area (Å²) in [4.78, 5) is 25.5. The van der Waals surface area contributed by atoms with Gasteiger partial charge in [0.25, 0.3) is 0 Å². The summed E-state index contributed by atoms with van der Waals surface area (Å²) in [5, 5.41) is 2.97. The zero-order valence-electron chi connectivity index (χ0n) is 14.4. The van der Waals surface area contributed by atoms with E-state index in [1.54, 1.807) is 6.20 Å². The van der Waals surface area contributed by atoms with Crippen molar-refractivity contribution in [2.75, 3.05) is 31.5 Å². The van der Waals surface area contributed by atoms with E-state index in [2.05, 4.69) is 27.1 Å². The molecule has 0 spiro atoms. The van der Waals surface area contributed by atoms with Gasteiger partial charge in [-0.05, 0) is 25.6 Å². The fourth-order valence-electron chi connectivity index (χ4n) is 3.15. The Bertz CT molecular complexity index is 713. The second kappa shape index (κ2) is 7.00. The SMILES string of the molecule is CCN1CCN(C(=O)Nc2ccnc(C)c2)C[C@@H]1c1nccn1C. The van der Waals surface area contributed by atoms with Crippen molar-refractivity contribution in [2.24, 2.45) is 7.05 Å². The van der Waals surface area contributed by atoms with Crippen molar-refractivity contribution in [2.45, 2.75) is 19.9 Å². The Labute approximate surface area is 142 Å². The number of hydrogen-bond donors (Lipinski definition) is 1. The molecule has 3 rings (SSSR count). The van der Waals surface area contributed by atoms with Gasteiger partial charge in [-0.15, -0.1) is 0 Å². The van der Waals surface area contributed by atoms with Gasteiger partial charge in [0.1, 0.15) is 5.82 Å². The van der Waals surface area contributed by atoms with Crippen molar-refractivity contribution >= 4 is 11.7 Å². The number of urea groups is 1. The molecule has 1 fully saturated rings. The molecule has 0 saturated carbocycles. The van der Waals surface area contributed by atoms with E-state index in [1.165, 1.54) is 0 Å². The fraction of sp³-hybridized carbons (Fsp3) is 0.471. The van der Waals surface area contributed by atoms with E-state index in [1.807, 2.05) is 48.0 Å². The van der Waals surface area contributed by atoms with Crippen LogP contribution in [-0.2, 0) is 7.05 Å². The van der Waals surface area contributed by atoms with Crippen molar-refractivity contribution in [3.05, 3.63) is 42.2 Å². The average Bonchev–Trinajstić information content (AvgIpc) is 3.00. The number of imidazole rings is 1. The third kappa shape index (κ3) is 3.41. The van der Waals surface area contributed by atoms with Crippen LogP contribution in [0.3, 0.4) is 0 Å². The topological polar surface area (TPSA) is 66.3 Å². The lowest BCUT2D eigenvalue weighted by Crippen LogP contribution is -2.52. The van der Waals surface area contributed by atoms with Gasteiger partial charge < -0.3 is 14.8 Å². The first-order valence-electron chi connectivity index (χ1n) is 8.28. The third-order valence-electron chi connectivity index (χ3n) is 4.49. The molecule has 1 saturated heterocycles. The molecule has 0 aliphatic carbocycles. The smallest absolute Gasteiger partial charge is 0.321 e. The Balaban J connectivity index is 1.73. The van der Waals surface area contributed by atoms with Crippen LogP contribution < -0.4 is 5.32 Å². The monoisotopic (exact) mass is 328 g/mol. The van der Waals surface area contributed by atoms with Gasteiger partial charge in [-0.1, -0.05) is 6.92 Å². The number of likely N-dealkylation sites (N-methyl/N-ethyl adjacent to an activating group) is 1. The van der Waals surface area contributed by atoms with Crippen LogP contribution in [0.4, 0.5) is 10.5 Å². The Morgan fingerprint density at radius 2 is 2.17 bits per heavy atom. The maximum atomic E-state index is 12.6. The first-order chi connectivity index (χ1) is 11.6. The number of pyridine rings is 1. The number of carbonyl (C=O) groups is 1. The first-order valence-corrected chi connectivity index (χ1v) is 8.28. The van der Waals surface area contributed by atoms with E-state index >= 15 is 0 Å². The molecule has 24 heavy (non-hydrogen) atoms. The quantitative estimate of drug-likeness (QED) is 0.936. The van der Waals surface area contributed by atoms with Crippen LogP contribution in [0.15, 0.2) is 30.7 Å². The molecular formula is C17H24N6O. The number of nitrogens with one attached hydrogen (secondary N) is 1. The van der Waals surface area contributed by atoms with Crippen LogP contribution in [-0.4, -0.2) is 56.5 Å². The standard InChI is InChI=1S/C17H24N6O/c1-4-22-9-10-23(12-15(22)16-19-7-8-21(16)3)17(24)20-14-5-6-18-13(2)11-14/h5-8,11,15H,4,9-10,12H2,1-3H3,(H,18,20,24)/t15-/m1/s1. The Morgan fingerprint density at radius 1 is 1.33 bits per heavy atom. The number of amides is 2. The van der Waals surface area contributed by atoms with Crippen LogP contribution in [0, 0.1) is 6.92 Å². The second-order valence-electron chi connectivity index (χ2n) is 6.10. The zero-order chi connectivity index (χ0) is 17.1. The highest BCUT2D eigenvalue weighted by atomic mass is 16.2. The van der Waals surface area contributed by atoms with Crippen molar-refractivity contribution in [3.8, 4) is 0 Å². The molecule has 2 aromatic heterocycles. The molecule has 0 aromatic carbocycles. The number of carbonyl (C=O) groups excluding carboxylic acids is 1. The van der Waals surface area contributed by atoms with Crippen LogP contribution in [0.1, 0.15) is 24.5 Å². The van der Waals surface area contributed by atoms with Gasteiger partial charge in [0.2, 0.25) is 0 Å². The molecule has 2 aromatic rings. The molecule has 1 atom stereocenters. The number of piperazine rings is 1. The largest absolute Gasteiger partial charge is 0.337 e. The van der Waals surface area contributed by atoms with Gasteiger partial charge in [-0.2, -0.15) is 0 Å². The van der Waals surface area contributed by atoms with E-state index in [0.717, 1.165) is 30.3 Å². The maximum Gasteiger partial charge on any atom is 0.321 e. The lowest BCUT2D eigenvalue weighted by molar-refractivity contribution is 0.0927. The van der Waals surface area contributed by atoms with E-state index in [9.17, 15) is 4.79 Å². The summed E-state index contributed by atoms with van der Waals surface area (Å²) in [5.74, 6) is 0.995. The fourth-order valence-corrected chi connectivity index (χ4v) is 3.15. The minimum Gasteiger partial charge on any atom is -0.337 e. The molecule has 3 heterocycles. The number of hydrogen-bond acceptors (Lipinski definition) is 4. The highest BCUT2D eigenvalue weighted by Crippen LogP contribution is 2.24. The normalized spacial score (nSPS) is 18.6. The number of anilines is 1. The van der Waals surface area contributed by atoms with Gasteiger partial charge >= 0.3 is 6.03 Å². The summed E-state index contributed by atoms with van der Waals surface area (Å²) in [6.45, 7) is 7.19. The summed E-state index contributed by atoms with van der Waals surface area (Å²) >= 11 is 0. The van der Waals surface area contributed by atoms with Gasteiger partial charge in [0, 0.05) is 56.7 Å². The minimum absolute atomic E-state index is 0.0736. The van der Waals surface area contributed by atoms with Crippen molar-refractivity contribution in [1.82, 2.24) is 24.3 Å². The van der Waals surface area contributed by atoms with E-state index in [0.29, 0.717) is 13.1 Å². The van der Waals surface area contributed by atoms with Crippen LogP contribution in [0.5, 0.6) is 0 Å². The molecule has 0 radical (unpaired) electrons. The molecule has 0 bridgehead atoms. The number of aromatic nitrogens is 3. The molecule has 7 heteroatoms. The molecule has 0 unspecified atom stereocenters. The number of aryl methyl sites for hydroxylation is 2. The molecule has 1 N–H and O–H groups in total. The van der Waals surface area contributed by atoms with Gasteiger partial charge in [-0.25, -0.2) is 9.78 Å². The third-order valence-corrected chi connectivity index (χ3v) is 4.49. The average molecular weight is 328 g/mol. The molecule has 1 aliphatic heterocycles. The van der Waals surface area contributed by atoms with E-state index < -0.39 is 0 Å². The summed E-state index contributed by atoms with van der Waals surface area (Å²) in [6.07, 6.45) is 5.46. The van der Waals surface area contributed by atoms with Gasteiger partial charge in [0.05, 0.1) is 6.04 Å². The van der Waals surface area contributed by atoms with E-state index in [4.69, 9.17) is 0 Å². The highest BCUT2D eigenvalue weighted by Gasteiger charge is 2.31. The number of rotatable bonds is 3. The summed E-state index contributed by atoms with van der Waals surface area (Å²) in [5.41, 5.74) is 1.66. The predicted octanol–water partition coefficient (Wildman–Crippen LogP) is 2.03. The minimum atomic E-state index is -0.0736. The van der Waals surface area contributed by atoms with Gasteiger partial charge in [-0.3, -0.25) is 9.88 Å². The van der Waals surface area contributed by atoms with E-state index in [-0.39, 0.29) is 12.1 Å². The Kier molecular flexibility index (Phi) is 4.80. The van der Waals surface area contributed by atoms with Crippen molar-refractivity contribution < 1.29 is 4.79 Å². The summed E-state index contributed by atoms with van der Waals surface area (Å²) in [6, 6.07) is 3.73. The maximum absolute atomic E-state index is 12.6. The molecule has 1 aliphatic rings. The lowest BCUT2D eigenvalue weighted by Gasteiger charge is -2.40. The lowest BCUT2D eigenvalue weighted by atomic mass is 10.1. The van der Waals surface area contributed by atoms with Crippen molar-refractivity contribution in [1.29, 1.82) is 0 Å². The Hall–Kier alpha value is -2.41. The van der Waals surface area contributed by atoms with Crippen LogP contribution in [0.2, 0.25) is 0 Å². The molecule has 128 valence electrons. The highest BCUT2D eigenvalue weighted by molar-refractivity contribution is 5.89. The predicted molar refractivity (Wildman–Crippen MR) is 92.8 cm³/mol. The first kappa shape index (κ1) is 16.4. The van der Waals surface area contributed by atoms with Crippen molar-refractivity contribution in [3.63, 3.8) is 0 Å². The molecule has 7 nitrogen and oxygen atoms in total. The van der Waals surface area contributed by atoms with Crippen LogP contribution in [0.25, 0.3) is 0 Å². The summed E-state index contributed by atoms with van der Waals surface area (Å²) in [7, 11) is 1.99. The molecular weight excluding hydrogens is 304 g/mol. The number of nitrogens with zero attached hydrogens (tertiary/aromatic N) is 5. The molecule has 2 amide bonds. The van der Waals surface area contributed by atoms with Crippen LogP contribution >= 0.6 is 0 Å². The Morgan fingerprint density at radius 3 is 2.83 bits per heavy atom. The second-order valence-corrected chi connectivity index (χ2v) is 6.10. The van der Waals surface area contributed by atoms with Gasteiger partial charge in [0.15, 0.2) is 0 Å². The zero-order valence-corrected chi connectivity index (χ0v) is 14.4. The summed E-state index contributed by atoms with van der Waals surface area (Å²) < 4.78 is 2.03.